The normalized spacial score (nSPS) is 11.8. The van der Waals surface area contributed by atoms with Crippen LogP contribution in [0, 0.1) is 0 Å². The molecule has 0 aliphatic heterocycles. The Hall–Kier alpha value is -3.86. The number of hydrogen-bond acceptors (Lipinski definition) is 9. The highest BCUT2D eigenvalue weighted by Gasteiger charge is 2.22. The summed E-state index contributed by atoms with van der Waals surface area (Å²) in [5, 5.41) is 7.93. The Morgan fingerprint density at radius 2 is 2.03 bits per heavy atom. The van der Waals surface area contributed by atoms with Crippen LogP contribution in [0.1, 0.15) is 23.0 Å². The molecule has 1 aromatic carbocycles. The molecule has 0 saturated carbocycles. The number of ether oxygens (including phenoxy) is 1. The van der Waals surface area contributed by atoms with Crippen molar-refractivity contribution >= 4 is 45.3 Å². The van der Waals surface area contributed by atoms with Crippen molar-refractivity contribution in [1.29, 1.82) is 0 Å². The molecule has 3 aromatic heterocycles. The van der Waals surface area contributed by atoms with Crippen LogP contribution in [0.25, 0.3) is 11.2 Å². The summed E-state index contributed by atoms with van der Waals surface area (Å²) in [4.78, 5) is 43.8. The molecule has 0 aliphatic carbocycles. The Bertz CT molecular complexity index is 1180. The molecule has 152 valence electrons. The van der Waals surface area contributed by atoms with E-state index in [-0.39, 0.29) is 11.5 Å². The summed E-state index contributed by atoms with van der Waals surface area (Å²) in [7, 11) is 0. The standard InChI is InChI=1S/C19H17N7O3S/c1-11(17(27)26-16-14-15(22-9-21-14)23-10-24-16)29-18(28)13-8-30-19(25-13)20-7-12-5-3-2-4-6-12/h2-6,8-11H,7H2,1H3,(H,20,25)(H2,21,22,23,24,26,27). The van der Waals surface area contributed by atoms with Gasteiger partial charge in [-0.25, -0.2) is 24.7 Å². The van der Waals surface area contributed by atoms with Gasteiger partial charge in [0.05, 0.1) is 6.33 Å². The van der Waals surface area contributed by atoms with Gasteiger partial charge in [-0.15, -0.1) is 11.3 Å². The fraction of sp³-hybridized carbons (Fsp3) is 0.158. The van der Waals surface area contributed by atoms with Crippen LogP contribution in [0.5, 0.6) is 0 Å². The Morgan fingerprint density at radius 1 is 1.20 bits per heavy atom. The van der Waals surface area contributed by atoms with E-state index in [0.29, 0.717) is 22.8 Å². The summed E-state index contributed by atoms with van der Waals surface area (Å²) in [5.41, 5.74) is 2.13. The zero-order valence-corrected chi connectivity index (χ0v) is 16.6. The molecule has 4 rings (SSSR count). The molecule has 1 atom stereocenters. The van der Waals surface area contributed by atoms with E-state index in [1.54, 1.807) is 5.38 Å². The summed E-state index contributed by atoms with van der Waals surface area (Å²) in [5.74, 6) is -0.960. The van der Waals surface area contributed by atoms with Crippen LogP contribution in [0.2, 0.25) is 0 Å². The molecule has 11 heteroatoms. The van der Waals surface area contributed by atoms with Gasteiger partial charge in [0.2, 0.25) is 0 Å². The van der Waals surface area contributed by atoms with E-state index in [1.165, 1.54) is 30.9 Å². The highest BCUT2D eigenvalue weighted by molar-refractivity contribution is 7.13. The maximum absolute atomic E-state index is 12.4. The third-order valence-electron chi connectivity index (χ3n) is 4.12. The second-order valence-electron chi connectivity index (χ2n) is 6.24. The number of amides is 1. The Labute approximate surface area is 174 Å². The average Bonchev–Trinajstić information content (AvgIpc) is 3.43. The van der Waals surface area contributed by atoms with E-state index in [2.05, 4.69) is 35.6 Å². The van der Waals surface area contributed by atoms with Gasteiger partial charge < -0.3 is 20.4 Å². The van der Waals surface area contributed by atoms with Gasteiger partial charge in [-0.3, -0.25) is 4.79 Å². The summed E-state index contributed by atoms with van der Waals surface area (Å²) in [6.45, 7) is 2.06. The molecule has 0 fully saturated rings. The molecule has 0 bridgehead atoms. The van der Waals surface area contributed by atoms with Crippen LogP contribution in [-0.4, -0.2) is 42.9 Å². The number of anilines is 2. The van der Waals surface area contributed by atoms with Crippen molar-refractivity contribution in [2.24, 2.45) is 0 Å². The van der Waals surface area contributed by atoms with Crippen LogP contribution < -0.4 is 10.6 Å². The molecule has 4 aromatic rings. The Balaban J connectivity index is 1.33. The largest absolute Gasteiger partial charge is 0.448 e. The van der Waals surface area contributed by atoms with Crippen molar-refractivity contribution < 1.29 is 14.3 Å². The molecule has 3 N–H and O–H groups in total. The number of fused-ring (bicyclic) bond motifs is 1. The third kappa shape index (κ3) is 4.41. The van der Waals surface area contributed by atoms with Gasteiger partial charge in [-0.2, -0.15) is 0 Å². The zero-order chi connectivity index (χ0) is 20.9. The molecule has 1 amide bonds. The van der Waals surface area contributed by atoms with E-state index in [9.17, 15) is 9.59 Å². The lowest BCUT2D eigenvalue weighted by Crippen LogP contribution is -2.30. The monoisotopic (exact) mass is 423 g/mol. The first-order valence-electron chi connectivity index (χ1n) is 8.99. The van der Waals surface area contributed by atoms with Crippen molar-refractivity contribution in [2.45, 2.75) is 19.6 Å². The lowest BCUT2D eigenvalue weighted by Gasteiger charge is -2.12. The minimum Gasteiger partial charge on any atom is -0.448 e. The molecule has 0 radical (unpaired) electrons. The Morgan fingerprint density at radius 3 is 2.87 bits per heavy atom. The maximum atomic E-state index is 12.4. The fourth-order valence-electron chi connectivity index (χ4n) is 2.57. The minimum absolute atomic E-state index is 0.133. The number of nitrogens with zero attached hydrogens (tertiary/aromatic N) is 4. The van der Waals surface area contributed by atoms with Crippen molar-refractivity contribution in [1.82, 2.24) is 24.9 Å². The number of carbonyl (C=O) groups excluding carboxylic acids is 2. The minimum atomic E-state index is -1.05. The number of aromatic nitrogens is 5. The number of aromatic amines is 1. The first-order chi connectivity index (χ1) is 14.6. The van der Waals surface area contributed by atoms with Crippen LogP contribution in [0.4, 0.5) is 10.9 Å². The van der Waals surface area contributed by atoms with Crippen LogP contribution >= 0.6 is 11.3 Å². The molecule has 0 spiro atoms. The fourth-order valence-corrected chi connectivity index (χ4v) is 3.25. The highest BCUT2D eigenvalue weighted by atomic mass is 32.1. The lowest BCUT2D eigenvalue weighted by molar-refractivity contribution is -0.123. The number of thiazole rings is 1. The van der Waals surface area contributed by atoms with E-state index in [0.717, 1.165) is 5.56 Å². The number of carbonyl (C=O) groups is 2. The second-order valence-corrected chi connectivity index (χ2v) is 7.10. The molecule has 0 aliphatic rings. The van der Waals surface area contributed by atoms with Gasteiger partial charge in [-0.1, -0.05) is 30.3 Å². The molecule has 1 unspecified atom stereocenters. The van der Waals surface area contributed by atoms with Gasteiger partial charge in [-0.05, 0) is 12.5 Å². The third-order valence-corrected chi connectivity index (χ3v) is 4.92. The second kappa shape index (κ2) is 8.66. The molecule has 0 saturated heterocycles. The Kier molecular flexibility index (Phi) is 5.61. The van der Waals surface area contributed by atoms with Crippen molar-refractivity contribution in [2.75, 3.05) is 10.6 Å². The molecule has 3 heterocycles. The number of hydrogen-bond donors (Lipinski definition) is 3. The highest BCUT2D eigenvalue weighted by Crippen LogP contribution is 2.18. The predicted molar refractivity (Wildman–Crippen MR) is 111 cm³/mol. The quantitative estimate of drug-likeness (QED) is 0.386. The number of rotatable bonds is 7. The number of benzene rings is 1. The summed E-state index contributed by atoms with van der Waals surface area (Å²) in [6.07, 6.45) is 1.69. The first-order valence-corrected chi connectivity index (χ1v) is 9.87. The molecule has 30 heavy (non-hydrogen) atoms. The van der Waals surface area contributed by atoms with E-state index < -0.39 is 18.0 Å². The smallest absolute Gasteiger partial charge is 0.358 e. The summed E-state index contributed by atoms with van der Waals surface area (Å²) >= 11 is 1.29. The van der Waals surface area contributed by atoms with Gasteiger partial charge in [0.15, 0.2) is 28.4 Å². The first kappa shape index (κ1) is 19.5. The van der Waals surface area contributed by atoms with Crippen LogP contribution in [-0.2, 0) is 16.1 Å². The number of esters is 1. The van der Waals surface area contributed by atoms with Gasteiger partial charge in [0.1, 0.15) is 11.8 Å². The average molecular weight is 423 g/mol. The summed E-state index contributed by atoms with van der Waals surface area (Å²) in [6, 6.07) is 9.83. The summed E-state index contributed by atoms with van der Waals surface area (Å²) < 4.78 is 5.24. The van der Waals surface area contributed by atoms with Crippen LogP contribution in [0.15, 0.2) is 48.4 Å². The molecular weight excluding hydrogens is 406 g/mol. The molecule has 10 nitrogen and oxygen atoms in total. The SMILES string of the molecule is CC(OC(=O)c1csc(NCc2ccccc2)n1)C(=O)Nc1ncnc2nc[nH]c12. The molecular formula is C19H17N7O3S. The van der Waals surface area contributed by atoms with Crippen LogP contribution in [0.3, 0.4) is 0 Å². The number of imidazole rings is 1. The van der Waals surface area contributed by atoms with E-state index in [1.807, 2.05) is 30.3 Å². The van der Waals surface area contributed by atoms with E-state index in [4.69, 9.17) is 4.74 Å². The van der Waals surface area contributed by atoms with Crippen molar-refractivity contribution in [3.05, 3.63) is 59.6 Å². The van der Waals surface area contributed by atoms with Crippen molar-refractivity contribution in [3.8, 4) is 0 Å². The zero-order valence-electron chi connectivity index (χ0n) is 15.8. The number of H-pyrrole nitrogens is 1. The van der Waals surface area contributed by atoms with Gasteiger partial charge >= 0.3 is 5.97 Å². The topological polar surface area (TPSA) is 135 Å². The van der Waals surface area contributed by atoms with E-state index >= 15 is 0 Å². The maximum Gasteiger partial charge on any atom is 0.358 e. The van der Waals surface area contributed by atoms with Crippen molar-refractivity contribution in [3.63, 3.8) is 0 Å². The predicted octanol–water partition coefficient (Wildman–Crippen LogP) is 2.61. The lowest BCUT2D eigenvalue weighted by atomic mass is 10.2. The van der Waals surface area contributed by atoms with Gasteiger partial charge in [0.25, 0.3) is 5.91 Å². The van der Waals surface area contributed by atoms with Gasteiger partial charge in [0, 0.05) is 11.9 Å². The number of nitrogens with one attached hydrogen (secondary N) is 3.